The van der Waals surface area contributed by atoms with Crippen LogP contribution in [0, 0.1) is 0 Å². The van der Waals surface area contributed by atoms with E-state index in [9.17, 15) is 9.59 Å². The minimum absolute atomic E-state index is 0.180. The van der Waals surface area contributed by atoms with Crippen LogP contribution in [-0.2, 0) is 14.3 Å². The van der Waals surface area contributed by atoms with Gasteiger partial charge in [0, 0.05) is 11.6 Å². The van der Waals surface area contributed by atoms with Gasteiger partial charge in [-0.1, -0.05) is 23.7 Å². The van der Waals surface area contributed by atoms with E-state index in [0.717, 1.165) is 6.42 Å². The van der Waals surface area contributed by atoms with Gasteiger partial charge in [-0.05, 0) is 30.5 Å². The standard InChI is InChI=1S/C14H16ClNO4/c15-10-5-3-9(4-6-10)11(8-13(17)18)16-14(19)12-2-1-7-20-12/h3-6,11-12H,1-2,7-8H2,(H,16,19)(H,17,18). The second-order valence-corrected chi connectivity index (χ2v) is 5.15. The highest BCUT2D eigenvalue weighted by Crippen LogP contribution is 2.21. The Morgan fingerprint density at radius 1 is 1.40 bits per heavy atom. The molecule has 1 amide bonds. The van der Waals surface area contributed by atoms with Crippen molar-refractivity contribution in [2.75, 3.05) is 6.61 Å². The van der Waals surface area contributed by atoms with Crippen LogP contribution >= 0.6 is 11.6 Å². The first-order valence-corrected chi connectivity index (χ1v) is 6.83. The van der Waals surface area contributed by atoms with Gasteiger partial charge in [-0.25, -0.2) is 0 Å². The van der Waals surface area contributed by atoms with Gasteiger partial charge in [0.15, 0.2) is 0 Å². The highest BCUT2D eigenvalue weighted by Gasteiger charge is 2.27. The number of carbonyl (C=O) groups is 2. The van der Waals surface area contributed by atoms with Crippen molar-refractivity contribution in [1.29, 1.82) is 0 Å². The maximum absolute atomic E-state index is 12.0. The summed E-state index contributed by atoms with van der Waals surface area (Å²) in [5, 5.41) is 12.3. The summed E-state index contributed by atoms with van der Waals surface area (Å²) in [6.07, 6.45) is 0.869. The fourth-order valence-electron chi connectivity index (χ4n) is 2.17. The lowest BCUT2D eigenvalue weighted by Gasteiger charge is -2.19. The molecule has 1 heterocycles. The number of amides is 1. The molecule has 108 valence electrons. The number of carbonyl (C=O) groups excluding carboxylic acids is 1. The predicted octanol–water partition coefficient (Wildman–Crippen LogP) is 2.15. The molecular weight excluding hydrogens is 282 g/mol. The lowest BCUT2D eigenvalue weighted by atomic mass is 10.0. The Bertz CT molecular complexity index is 482. The lowest BCUT2D eigenvalue weighted by Crippen LogP contribution is -2.37. The second-order valence-electron chi connectivity index (χ2n) is 4.71. The van der Waals surface area contributed by atoms with Gasteiger partial charge in [-0.15, -0.1) is 0 Å². The summed E-state index contributed by atoms with van der Waals surface area (Å²) in [5.41, 5.74) is 0.711. The fraction of sp³-hybridized carbons (Fsp3) is 0.429. The van der Waals surface area contributed by atoms with E-state index >= 15 is 0 Å². The van der Waals surface area contributed by atoms with Gasteiger partial charge in [0.2, 0.25) is 5.91 Å². The highest BCUT2D eigenvalue weighted by atomic mass is 35.5. The average molecular weight is 298 g/mol. The van der Waals surface area contributed by atoms with Gasteiger partial charge < -0.3 is 15.2 Å². The van der Waals surface area contributed by atoms with E-state index in [1.165, 1.54) is 0 Å². The third-order valence-corrected chi connectivity index (χ3v) is 3.44. The number of benzene rings is 1. The van der Waals surface area contributed by atoms with E-state index in [-0.39, 0.29) is 12.3 Å². The van der Waals surface area contributed by atoms with Gasteiger partial charge in [-0.2, -0.15) is 0 Å². The number of carboxylic acids is 1. The van der Waals surface area contributed by atoms with Crippen LogP contribution in [0.25, 0.3) is 0 Å². The van der Waals surface area contributed by atoms with Crippen LogP contribution in [0.15, 0.2) is 24.3 Å². The zero-order valence-corrected chi connectivity index (χ0v) is 11.6. The Hall–Kier alpha value is -1.59. The van der Waals surface area contributed by atoms with Crippen molar-refractivity contribution in [3.63, 3.8) is 0 Å². The molecule has 2 atom stereocenters. The van der Waals surface area contributed by atoms with Gasteiger partial charge in [-0.3, -0.25) is 9.59 Å². The Morgan fingerprint density at radius 3 is 2.65 bits per heavy atom. The van der Waals surface area contributed by atoms with Crippen molar-refractivity contribution < 1.29 is 19.4 Å². The largest absolute Gasteiger partial charge is 0.481 e. The molecule has 0 spiro atoms. The summed E-state index contributed by atoms with van der Waals surface area (Å²) in [6, 6.07) is 6.19. The number of hydrogen-bond acceptors (Lipinski definition) is 3. The predicted molar refractivity (Wildman–Crippen MR) is 73.6 cm³/mol. The highest BCUT2D eigenvalue weighted by molar-refractivity contribution is 6.30. The molecule has 1 aliphatic rings. The molecular formula is C14H16ClNO4. The van der Waals surface area contributed by atoms with Crippen LogP contribution in [0.4, 0.5) is 0 Å². The van der Waals surface area contributed by atoms with Gasteiger partial charge >= 0.3 is 5.97 Å². The zero-order chi connectivity index (χ0) is 14.5. The molecule has 0 aromatic heterocycles. The van der Waals surface area contributed by atoms with E-state index in [4.69, 9.17) is 21.4 Å². The topological polar surface area (TPSA) is 75.6 Å². The van der Waals surface area contributed by atoms with Crippen LogP contribution in [0.1, 0.15) is 30.9 Å². The Morgan fingerprint density at radius 2 is 2.10 bits per heavy atom. The van der Waals surface area contributed by atoms with Gasteiger partial charge in [0.1, 0.15) is 6.10 Å². The van der Waals surface area contributed by atoms with E-state index in [2.05, 4.69) is 5.32 Å². The van der Waals surface area contributed by atoms with E-state index in [0.29, 0.717) is 23.6 Å². The number of halogens is 1. The Balaban J connectivity index is 2.08. The molecule has 2 rings (SSSR count). The Kier molecular flexibility index (Phi) is 4.98. The molecule has 1 aromatic carbocycles. The Labute approximate surface area is 121 Å². The molecule has 1 aromatic rings. The molecule has 0 bridgehead atoms. The number of hydrogen-bond donors (Lipinski definition) is 2. The van der Waals surface area contributed by atoms with Crippen LogP contribution in [0.2, 0.25) is 5.02 Å². The van der Waals surface area contributed by atoms with Crippen molar-refractivity contribution in [3.8, 4) is 0 Å². The summed E-state index contributed by atoms with van der Waals surface area (Å²) in [6.45, 7) is 0.572. The first-order chi connectivity index (χ1) is 9.56. The number of aliphatic carboxylic acids is 1. The van der Waals surface area contributed by atoms with Crippen LogP contribution in [0.3, 0.4) is 0 Å². The van der Waals surface area contributed by atoms with Crippen molar-refractivity contribution in [1.82, 2.24) is 5.32 Å². The molecule has 2 unspecified atom stereocenters. The third kappa shape index (κ3) is 3.95. The molecule has 0 saturated carbocycles. The second kappa shape index (κ2) is 6.72. The number of rotatable bonds is 5. The van der Waals surface area contributed by atoms with Crippen LogP contribution in [-0.4, -0.2) is 29.7 Å². The van der Waals surface area contributed by atoms with Crippen molar-refractivity contribution in [2.24, 2.45) is 0 Å². The summed E-state index contributed by atoms with van der Waals surface area (Å²) < 4.78 is 5.30. The first-order valence-electron chi connectivity index (χ1n) is 6.45. The summed E-state index contributed by atoms with van der Waals surface area (Å²) in [7, 11) is 0. The average Bonchev–Trinajstić information content (AvgIpc) is 2.92. The molecule has 1 saturated heterocycles. The van der Waals surface area contributed by atoms with E-state index < -0.39 is 18.1 Å². The normalized spacial score (nSPS) is 19.6. The number of carboxylic acid groups (broad SMARTS) is 1. The summed E-state index contributed by atoms with van der Waals surface area (Å²) in [4.78, 5) is 23.0. The van der Waals surface area contributed by atoms with E-state index in [1.807, 2.05) is 0 Å². The number of ether oxygens (including phenoxy) is 1. The minimum Gasteiger partial charge on any atom is -0.481 e. The number of nitrogens with one attached hydrogen (secondary N) is 1. The molecule has 0 aliphatic carbocycles. The smallest absolute Gasteiger partial charge is 0.305 e. The first kappa shape index (κ1) is 14.8. The molecule has 6 heteroatoms. The maximum atomic E-state index is 12.0. The third-order valence-electron chi connectivity index (χ3n) is 3.19. The molecule has 0 radical (unpaired) electrons. The SMILES string of the molecule is O=C(O)CC(NC(=O)C1CCCO1)c1ccc(Cl)cc1. The van der Waals surface area contributed by atoms with Crippen molar-refractivity contribution >= 4 is 23.5 Å². The van der Waals surface area contributed by atoms with Crippen LogP contribution < -0.4 is 5.32 Å². The maximum Gasteiger partial charge on any atom is 0.305 e. The monoisotopic (exact) mass is 297 g/mol. The van der Waals surface area contributed by atoms with Crippen LogP contribution in [0.5, 0.6) is 0 Å². The van der Waals surface area contributed by atoms with Crippen molar-refractivity contribution in [3.05, 3.63) is 34.9 Å². The van der Waals surface area contributed by atoms with Gasteiger partial charge in [0.05, 0.1) is 12.5 Å². The zero-order valence-electron chi connectivity index (χ0n) is 10.8. The molecule has 1 fully saturated rings. The molecule has 2 N–H and O–H groups in total. The minimum atomic E-state index is -0.974. The summed E-state index contributed by atoms with van der Waals surface area (Å²) in [5.74, 6) is -1.23. The van der Waals surface area contributed by atoms with Crippen molar-refractivity contribution in [2.45, 2.75) is 31.4 Å². The van der Waals surface area contributed by atoms with E-state index in [1.54, 1.807) is 24.3 Å². The fourth-order valence-corrected chi connectivity index (χ4v) is 2.30. The molecule has 1 aliphatic heterocycles. The molecule has 20 heavy (non-hydrogen) atoms. The summed E-state index contributed by atoms with van der Waals surface area (Å²) >= 11 is 5.81. The lowest BCUT2D eigenvalue weighted by molar-refractivity contribution is -0.138. The van der Waals surface area contributed by atoms with Gasteiger partial charge in [0.25, 0.3) is 0 Å². The molecule has 5 nitrogen and oxygen atoms in total. The quantitative estimate of drug-likeness (QED) is 0.873.